The number of rotatable bonds is 5. The highest BCUT2D eigenvalue weighted by molar-refractivity contribution is 7.89. The van der Waals surface area contributed by atoms with Crippen LogP contribution in [-0.4, -0.2) is 31.5 Å². The SMILES string of the molecule is O=S(=O)(NCc1nc(N2CCCC2)c2cc(Cl)ccc2n1)c1ccsc1. The van der Waals surface area contributed by atoms with Gasteiger partial charge >= 0.3 is 0 Å². The van der Waals surface area contributed by atoms with Crippen molar-refractivity contribution in [1.82, 2.24) is 14.7 Å². The average molecular weight is 409 g/mol. The van der Waals surface area contributed by atoms with E-state index in [1.807, 2.05) is 12.1 Å². The van der Waals surface area contributed by atoms with Gasteiger partial charge in [0.05, 0.1) is 17.0 Å². The summed E-state index contributed by atoms with van der Waals surface area (Å²) in [4.78, 5) is 11.6. The van der Waals surface area contributed by atoms with Crippen molar-refractivity contribution in [1.29, 1.82) is 0 Å². The number of aromatic nitrogens is 2. The van der Waals surface area contributed by atoms with E-state index in [0.29, 0.717) is 10.8 Å². The second-order valence-electron chi connectivity index (χ2n) is 6.10. The van der Waals surface area contributed by atoms with E-state index in [1.54, 1.807) is 22.9 Å². The highest BCUT2D eigenvalue weighted by Gasteiger charge is 2.20. The van der Waals surface area contributed by atoms with Crippen molar-refractivity contribution >= 4 is 49.7 Å². The molecule has 9 heteroatoms. The zero-order chi connectivity index (χ0) is 18.1. The Morgan fingerprint density at radius 1 is 1.19 bits per heavy atom. The fourth-order valence-corrected chi connectivity index (χ4v) is 5.21. The van der Waals surface area contributed by atoms with Gasteiger partial charge < -0.3 is 4.90 Å². The normalized spacial score (nSPS) is 15.0. The number of hydrogen-bond acceptors (Lipinski definition) is 6. The summed E-state index contributed by atoms with van der Waals surface area (Å²) in [5.74, 6) is 1.26. The van der Waals surface area contributed by atoms with Gasteiger partial charge in [0.25, 0.3) is 0 Å². The van der Waals surface area contributed by atoms with Crippen LogP contribution < -0.4 is 9.62 Å². The highest BCUT2D eigenvalue weighted by atomic mass is 35.5. The quantitative estimate of drug-likeness (QED) is 0.700. The molecule has 0 amide bonds. The molecule has 26 heavy (non-hydrogen) atoms. The van der Waals surface area contributed by atoms with Crippen molar-refractivity contribution in [3.63, 3.8) is 0 Å². The molecule has 3 aromatic rings. The molecule has 0 spiro atoms. The summed E-state index contributed by atoms with van der Waals surface area (Å²) in [6, 6.07) is 7.06. The minimum atomic E-state index is -3.56. The Morgan fingerprint density at radius 2 is 2.00 bits per heavy atom. The van der Waals surface area contributed by atoms with Crippen molar-refractivity contribution < 1.29 is 8.42 Å². The molecule has 6 nitrogen and oxygen atoms in total. The monoisotopic (exact) mass is 408 g/mol. The van der Waals surface area contributed by atoms with Crippen molar-refractivity contribution in [2.75, 3.05) is 18.0 Å². The van der Waals surface area contributed by atoms with Gasteiger partial charge in [0, 0.05) is 28.9 Å². The van der Waals surface area contributed by atoms with Crippen molar-refractivity contribution in [2.45, 2.75) is 24.3 Å². The molecule has 1 aromatic carbocycles. The minimum absolute atomic E-state index is 0.0393. The van der Waals surface area contributed by atoms with Gasteiger partial charge in [-0.05, 0) is 42.5 Å². The van der Waals surface area contributed by atoms with Crippen LogP contribution in [0.4, 0.5) is 5.82 Å². The summed E-state index contributed by atoms with van der Waals surface area (Å²) < 4.78 is 27.2. The van der Waals surface area contributed by atoms with Gasteiger partial charge in [-0.15, -0.1) is 0 Å². The molecular formula is C17H17ClN4O2S2. The van der Waals surface area contributed by atoms with Gasteiger partial charge in [0.1, 0.15) is 11.6 Å². The van der Waals surface area contributed by atoms with Crippen molar-refractivity contribution in [3.05, 3.63) is 45.9 Å². The lowest BCUT2D eigenvalue weighted by atomic mass is 10.2. The van der Waals surface area contributed by atoms with Crippen LogP contribution in [0.2, 0.25) is 5.02 Å². The van der Waals surface area contributed by atoms with Crippen molar-refractivity contribution in [3.8, 4) is 0 Å². The Balaban J connectivity index is 1.68. The van der Waals surface area contributed by atoms with Gasteiger partial charge in [0.2, 0.25) is 10.0 Å². The predicted molar refractivity (Wildman–Crippen MR) is 104 cm³/mol. The molecule has 0 atom stereocenters. The van der Waals surface area contributed by atoms with E-state index in [0.717, 1.165) is 42.7 Å². The third-order valence-corrected chi connectivity index (χ3v) is 6.78. The van der Waals surface area contributed by atoms with E-state index >= 15 is 0 Å². The van der Waals surface area contributed by atoms with Crippen LogP contribution in [0.5, 0.6) is 0 Å². The third-order valence-electron chi connectivity index (χ3n) is 4.32. The molecule has 4 rings (SSSR count). The van der Waals surface area contributed by atoms with Crippen molar-refractivity contribution in [2.24, 2.45) is 0 Å². The number of nitrogens with one attached hydrogen (secondary N) is 1. The molecule has 0 saturated carbocycles. The van der Waals surface area contributed by atoms with Crippen LogP contribution in [0.15, 0.2) is 39.9 Å². The van der Waals surface area contributed by atoms with Crippen LogP contribution in [0, 0.1) is 0 Å². The van der Waals surface area contributed by atoms with E-state index < -0.39 is 10.0 Å². The number of anilines is 1. The standard InChI is InChI=1S/C17H17ClN4O2S2/c18-12-3-4-15-14(9-12)17(22-6-1-2-7-22)21-16(20-15)10-19-26(23,24)13-5-8-25-11-13/h3-5,8-9,11,19H,1-2,6-7,10H2. The Labute approximate surface area is 160 Å². The third kappa shape index (κ3) is 3.55. The van der Waals surface area contributed by atoms with E-state index in [2.05, 4.69) is 19.6 Å². The average Bonchev–Trinajstić information content (AvgIpc) is 3.33. The first-order valence-electron chi connectivity index (χ1n) is 8.26. The number of fused-ring (bicyclic) bond motifs is 1. The molecule has 0 unspecified atom stereocenters. The summed E-state index contributed by atoms with van der Waals surface area (Å²) in [7, 11) is -3.56. The minimum Gasteiger partial charge on any atom is -0.356 e. The summed E-state index contributed by atoms with van der Waals surface area (Å²) in [6.45, 7) is 1.90. The zero-order valence-electron chi connectivity index (χ0n) is 13.9. The number of benzene rings is 1. The van der Waals surface area contributed by atoms with E-state index in [9.17, 15) is 8.42 Å². The molecule has 136 valence electrons. The Bertz CT molecular complexity index is 1030. The van der Waals surface area contributed by atoms with Crippen LogP contribution in [-0.2, 0) is 16.6 Å². The maximum absolute atomic E-state index is 12.3. The smallest absolute Gasteiger partial charge is 0.241 e. The van der Waals surface area contributed by atoms with Crippen LogP contribution in [0.25, 0.3) is 10.9 Å². The maximum atomic E-state index is 12.3. The van der Waals surface area contributed by atoms with Gasteiger partial charge in [0.15, 0.2) is 0 Å². The molecule has 1 saturated heterocycles. The maximum Gasteiger partial charge on any atom is 0.241 e. The molecule has 1 aliphatic rings. The first-order chi connectivity index (χ1) is 12.5. The molecule has 0 aliphatic carbocycles. The van der Waals surface area contributed by atoms with Crippen LogP contribution in [0.1, 0.15) is 18.7 Å². The topological polar surface area (TPSA) is 75.2 Å². The van der Waals surface area contributed by atoms with E-state index in [1.165, 1.54) is 11.3 Å². The molecular weight excluding hydrogens is 392 g/mol. The lowest BCUT2D eigenvalue weighted by Crippen LogP contribution is -2.25. The predicted octanol–water partition coefficient (Wildman–Crippen LogP) is 3.42. The lowest BCUT2D eigenvalue weighted by Gasteiger charge is -2.19. The van der Waals surface area contributed by atoms with Gasteiger partial charge in [-0.25, -0.2) is 23.1 Å². The second kappa shape index (κ2) is 7.11. The zero-order valence-corrected chi connectivity index (χ0v) is 16.2. The molecule has 3 heterocycles. The van der Waals surface area contributed by atoms with Crippen LogP contribution >= 0.6 is 22.9 Å². The molecule has 0 radical (unpaired) electrons. The summed E-state index contributed by atoms with van der Waals surface area (Å²) in [5.41, 5.74) is 0.760. The van der Waals surface area contributed by atoms with Gasteiger partial charge in [-0.2, -0.15) is 11.3 Å². The van der Waals surface area contributed by atoms with E-state index in [4.69, 9.17) is 11.6 Å². The fraction of sp³-hybridized carbons (Fsp3) is 0.294. The first kappa shape index (κ1) is 17.7. The summed E-state index contributed by atoms with van der Waals surface area (Å²) in [5, 5.41) is 4.86. The van der Waals surface area contributed by atoms with E-state index in [-0.39, 0.29) is 11.4 Å². The fourth-order valence-electron chi connectivity index (χ4n) is 3.03. The summed E-state index contributed by atoms with van der Waals surface area (Å²) >= 11 is 7.49. The second-order valence-corrected chi connectivity index (χ2v) is 9.09. The first-order valence-corrected chi connectivity index (χ1v) is 11.1. The number of thiophene rings is 1. The van der Waals surface area contributed by atoms with Gasteiger partial charge in [-0.3, -0.25) is 0 Å². The Morgan fingerprint density at radius 3 is 2.73 bits per heavy atom. The Kier molecular flexibility index (Phi) is 4.83. The van der Waals surface area contributed by atoms with Crippen LogP contribution in [0.3, 0.4) is 0 Å². The summed E-state index contributed by atoms with van der Waals surface area (Å²) in [6.07, 6.45) is 2.23. The number of sulfonamides is 1. The molecule has 1 aliphatic heterocycles. The molecule has 1 N–H and O–H groups in total. The number of nitrogens with zero attached hydrogens (tertiary/aromatic N) is 3. The molecule has 1 fully saturated rings. The lowest BCUT2D eigenvalue weighted by molar-refractivity contribution is 0.579. The Hall–Kier alpha value is -1.74. The largest absolute Gasteiger partial charge is 0.356 e. The molecule has 2 aromatic heterocycles. The molecule has 0 bridgehead atoms. The number of hydrogen-bond donors (Lipinski definition) is 1. The van der Waals surface area contributed by atoms with Gasteiger partial charge in [-0.1, -0.05) is 11.6 Å². The number of halogens is 1. The highest BCUT2D eigenvalue weighted by Crippen LogP contribution is 2.29.